The van der Waals surface area contributed by atoms with Gasteiger partial charge in [0.2, 0.25) is 0 Å². The number of pyridine rings is 1. The van der Waals surface area contributed by atoms with Crippen molar-refractivity contribution < 1.29 is 0 Å². The number of rotatable bonds is 5. The van der Waals surface area contributed by atoms with Gasteiger partial charge in [-0.25, -0.2) is 4.98 Å². The number of likely N-dealkylation sites (tertiary alicyclic amines) is 1. The monoisotopic (exact) mass is 288 g/mol. The van der Waals surface area contributed by atoms with Crippen molar-refractivity contribution >= 4 is 5.82 Å². The van der Waals surface area contributed by atoms with E-state index in [2.05, 4.69) is 39.2 Å². The first-order valence-corrected chi connectivity index (χ1v) is 8.46. The Bertz CT molecular complexity index is 408. The first-order valence-electron chi connectivity index (χ1n) is 8.46. The van der Waals surface area contributed by atoms with E-state index in [1.807, 2.05) is 12.3 Å². The predicted molar refractivity (Wildman–Crippen MR) is 87.7 cm³/mol. The van der Waals surface area contributed by atoms with Crippen LogP contribution < -0.4 is 10.2 Å². The highest BCUT2D eigenvalue weighted by atomic mass is 15.2. The zero-order valence-corrected chi connectivity index (χ0v) is 13.2. The summed E-state index contributed by atoms with van der Waals surface area (Å²) in [4.78, 5) is 9.48. The minimum absolute atomic E-state index is 0.676. The summed E-state index contributed by atoms with van der Waals surface area (Å²) in [6.45, 7) is 8.32. The third-order valence-electron chi connectivity index (χ3n) is 4.93. The predicted octanol–water partition coefficient (Wildman–Crippen LogP) is 2.12. The second-order valence-corrected chi connectivity index (χ2v) is 6.45. The van der Waals surface area contributed by atoms with Crippen LogP contribution >= 0.6 is 0 Å². The van der Waals surface area contributed by atoms with E-state index >= 15 is 0 Å². The van der Waals surface area contributed by atoms with E-state index in [-0.39, 0.29) is 0 Å². The first-order chi connectivity index (χ1) is 10.3. The number of nitrogens with zero attached hydrogens (tertiary/aromatic N) is 3. The van der Waals surface area contributed by atoms with Gasteiger partial charge in [0.1, 0.15) is 5.82 Å². The van der Waals surface area contributed by atoms with Crippen LogP contribution in [0.2, 0.25) is 0 Å². The van der Waals surface area contributed by atoms with E-state index in [0.717, 1.165) is 25.5 Å². The molecule has 21 heavy (non-hydrogen) atoms. The lowest BCUT2D eigenvalue weighted by Crippen LogP contribution is -2.47. The highest BCUT2D eigenvalue weighted by Crippen LogP contribution is 2.17. The normalized spacial score (nSPS) is 22.6. The lowest BCUT2D eigenvalue weighted by molar-refractivity contribution is 0.241. The van der Waals surface area contributed by atoms with Gasteiger partial charge in [-0.2, -0.15) is 0 Å². The molecular weight excluding hydrogens is 260 g/mol. The zero-order chi connectivity index (χ0) is 14.5. The Labute approximate surface area is 128 Å². The molecule has 0 aliphatic carbocycles. The summed E-state index contributed by atoms with van der Waals surface area (Å²) in [6, 6.07) is 7.53. The molecule has 0 spiro atoms. The Balaban J connectivity index is 1.39. The van der Waals surface area contributed by atoms with Crippen LogP contribution in [0, 0.1) is 0 Å². The fraction of sp³-hybridized carbons (Fsp3) is 0.706. The van der Waals surface area contributed by atoms with Gasteiger partial charge in [0.25, 0.3) is 0 Å². The Morgan fingerprint density at radius 1 is 1.19 bits per heavy atom. The molecule has 1 atom stereocenters. The molecule has 0 saturated carbocycles. The van der Waals surface area contributed by atoms with Crippen molar-refractivity contribution in [2.45, 2.75) is 44.7 Å². The van der Waals surface area contributed by atoms with Crippen molar-refractivity contribution in [2.24, 2.45) is 0 Å². The number of nitrogens with one attached hydrogen (secondary N) is 1. The molecule has 2 aliphatic heterocycles. The summed E-state index contributed by atoms with van der Waals surface area (Å²) in [5.74, 6) is 1.13. The summed E-state index contributed by atoms with van der Waals surface area (Å²) in [7, 11) is 0. The minimum atomic E-state index is 0.676. The van der Waals surface area contributed by atoms with Crippen molar-refractivity contribution in [2.75, 3.05) is 37.6 Å². The van der Waals surface area contributed by atoms with E-state index in [9.17, 15) is 0 Å². The topological polar surface area (TPSA) is 31.4 Å². The third kappa shape index (κ3) is 3.95. The summed E-state index contributed by atoms with van der Waals surface area (Å²) in [5, 5.41) is 3.78. The van der Waals surface area contributed by atoms with Crippen molar-refractivity contribution in [3.63, 3.8) is 0 Å². The molecule has 1 aromatic heterocycles. The molecule has 1 unspecified atom stereocenters. The first kappa shape index (κ1) is 14.8. The van der Waals surface area contributed by atoms with Crippen LogP contribution in [-0.2, 0) is 0 Å². The van der Waals surface area contributed by atoms with Crippen LogP contribution in [0.25, 0.3) is 0 Å². The van der Waals surface area contributed by atoms with Crippen LogP contribution in [0.5, 0.6) is 0 Å². The Morgan fingerprint density at radius 3 is 2.62 bits per heavy atom. The van der Waals surface area contributed by atoms with Gasteiger partial charge >= 0.3 is 0 Å². The third-order valence-corrected chi connectivity index (χ3v) is 4.93. The zero-order valence-electron chi connectivity index (χ0n) is 13.2. The van der Waals surface area contributed by atoms with E-state index < -0.39 is 0 Å². The quantitative estimate of drug-likeness (QED) is 0.899. The van der Waals surface area contributed by atoms with Crippen LogP contribution in [0.15, 0.2) is 24.4 Å². The molecule has 116 valence electrons. The molecule has 3 heterocycles. The molecule has 0 bridgehead atoms. The second-order valence-electron chi connectivity index (χ2n) is 6.45. The molecular formula is C17H28N4. The summed E-state index contributed by atoms with van der Waals surface area (Å²) in [6.07, 6.45) is 7.10. The van der Waals surface area contributed by atoms with Crippen molar-refractivity contribution in [3.8, 4) is 0 Å². The highest BCUT2D eigenvalue weighted by molar-refractivity contribution is 5.38. The molecule has 0 amide bonds. The molecule has 2 saturated heterocycles. The second kappa shape index (κ2) is 7.23. The summed E-state index contributed by atoms with van der Waals surface area (Å²) in [5.41, 5.74) is 0. The maximum Gasteiger partial charge on any atom is 0.128 e. The van der Waals surface area contributed by atoms with E-state index in [4.69, 9.17) is 0 Å². The molecule has 4 nitrogen and oxygen atoms in total. The van der Waals surface area contributed by atoms with Crippen LogP contribution in [0.3, 0.4) is 0 Å². The lowest BCUT2D eigenvalue weighted by atomic mass is 10.0. The maximum atomic E-state index is 4.45. The van der Waals surface area contributed by atoms with Gasteiger partial charge in [-0.3, -0.25) is 4.90 Å². The van der Waals surface area contributed by atoms with Gasteiger partial charge in [0.05, 0.1) is 0 Å². The number of piperidine rings is 1. The molecule has 0 radical (unpaired) electrons. The minimum Gasteiger partial charge on any atom is -0.357 e. The molecule has 0 aromatic carbocycles. The average molecular weight is 288 g/mol. The summed E-state index contributed by atoms with van der Waals surface area (Å²) < 4.78 is 0. The van der Waals surface area contributed by atoms with Crippen LogP contribution in [-0.4, -0.2) is 54.7 Å². The molecule has 2 fully saturated rings. The van der Waals surface area contributed by atoms with Crippen molar-refractivity contribution in [1.82, 2.24) is 15.2 Å². The van der Waals surface area contributed by atoms with E-state index in [1.54, 1.807) is 0 Å². The SMILES string of the molecule is CC(CNC1CCN(c2ccccn2)CC1)N1CCCC1. The smallest absolute Gasteiger partial charge is 0.128 e. The van der Waals surface area contributed by atoms with Crippen molar-refractivity contribution in [1.29, 1.82) is 0 Å². The molecule has 4 heteroatoms. The number of hydrogen-bond donors (Lipinski definition) is 1. The van der Waals surface area contributed by atoms with Crippen LogP contribution in [0.1, 0.15) is 32.6 Å². The highest BCUT2D eigenvalue weighted by Gasteiger charge is 2.22. The Kier molecular flexibility index (Phi) is 5.09. The van der Waals surface area contributed by atoms with Gasteiger partial charge in [0.15, 0.2) is 0 Å². The molecule has 2 aliphatic rings. The number of hydrogen-bond acceptors (Lipinski definition) is 4. The fourth-order valence-corrected chi connectivity index (χ4v) is 3.50. The van der Waals surface area contributed by atoms with Gasteiger partial charge < -0.3 is 10.2 Å². The standard InChI is InChI=1S/C17H28N4/c1-15(20-10-4-5-11-20)14-19-16-7-12-21(13-8-16)17-6-2-3-9-18-17/h2-3,6,9,15-16,19H,4-5,7-8,10-14H2,1H3. The Morgan fingerprint density at radius 2 is 1.95 bits per heavy atom. The molecule has 1 N–H and O–H groups in total. The van der Waals surface area contributed by atoms with Crippen molar-refractivity contribution in [3.05, 3.63) is 24.4 Å². The van der Waals surface area contributed by atoms with Gasteiger partial charge in [0, 0.05) is 37.9 Å². The summed E-state index contributed by atoms with van der Waals surface area (Å²) >= 11 is 0. The Hall–Kier alpha value is -1.13. The molecule has 1 aromatic rings. The molecule has 3 rings (SSSR count). The average Bonchev–Trinajstić information content (AvgIpc) is 3.08. The largest absolute Gasteiger partial charge is 0.357 e. The van der Waals surface area contributed by atoms with Gasteiger partial charge in [-0.15, -0.1) is 0 Å². The maximum absolute atomic E-state index is 4.45. The van der Waals surface area contributed by atoms with Gasteiger partial charge in [-0.1, -0.05) is 6.07 Å². The van der Waals surface area contributed by atoms with E-state index in [0.29, 0.717) is 12.1 Å². The number of aromatic nitrogens is 1. The number of anilines is 1. The van der Waals surface area contributed by atoms with E-state index in [1.165, 1.54) is 38.8 Å². The lowest BCUT2D eigenvalue weighted by Gasteiger charge is -2.34. The van der Waals surface area contributed by atoms with Crippen LogP contribution in [0.4, 0.5) is 5.82 Å². The fourth-order valence-electron chi connectivity index (χ4n) is 3.50. The van der Waals surface area contributed by atoms with Gasteiger partial charge in [-0.05, 0) is 57.8 Å².